The van der Waals surface area contributed by atoms with Crippen LogP contribution in [0.3, 0.4) is 0 Å². The molecule has 2 aromatic rings. The van der Waals surface area contributed by atoms with Crippen LogP contribution in [-0.2, 0) is 6.54 Å². The van der Waals surface area contributed by atoms with Crippen molar-refractivity contribution in [2.75, 3.05) is 13.7 Å². The van der Waals surface area contributed by atoms with Crippen molar-refractivity contribution in [3.05, 3.63) is 42.5 Å². The van der Waals surface area contributed by atoms with Gasteiger partial charge in [-0.3, -0.25) is 0 Å². The van der Waals surface area contributed by atoms with Crippen molar-refractivity contribution in [3.63, 3.8) is 0 Å². The number of benzene rings is 1. The number of nitrogens with zero attached hydrogens (tertiary/aromatic N) is 2. The third-order valence-electron chi connectivity index (χ3n) is 4.97. The first-order valence-electron chi connectivity index (χ1n) is 9.22. The van der Waals surface area contributed by atoms with E-state index in [0.29, 0.717) is 18.7 Å². The summed E-state index contributed by atoms with van der Waals surface area (Å²) >= 11 is 0. The molecule has 1 heterocycles. The van der Waals surface area contributed by atoms with Crippen LogP contribution in [0, 0.1) is 0 Å². The number of hydrogen-bond acceptors (Lipinski definition) is 5. The quantitative estimate of drug-likeness (QED) is 0.719. The summed E-state index contributed by atoms with van der Waals surface area (Å²) in [5.41, 5.74) is 3.35. The third-order valence-corrected chi connectivity index (χ3v) is 4.97. The Morgan fingerprint density at radius 1 is 1.00 bits per heavy atom. The molecule has 0 atom stereocenters. The lowest BCUT2D eigenvalue weighted by Gasteiger charge is -2.29. The van der Waals surface area contributed by atoms with Crippen molar-refractivity contribution in [2.24, 2.45) is 0 Å². The van der Waals surface area contributed by atoms with E-state index < -0.39 is 0 Å². The molecule has 7 heteroatoms. The molecule has 0 bridgehead atoms. The van der Waals surface area contributed by atoms with Crippen molar-refractivity contribution in [1.29, 1.82) is 0 Å². The van der Waals surface area contributed by atoms with Crippen LogP contribution in [0.2, 0.25) is 0 Å². The van der Waals surface area contributed by atoms with E-state index in [0.717, 1.165) is 23.4 Å². The standard InChI is InChI=1S/C20H28N4O.2ClH/c1-3-25-20-9-4-15(17-11-22-14-23-12-17)10-16(20)13-24-19-7-5-18(21-2)6-8-19;;/h4,9-12,14,18-19,21,24H,3,5-8,13H2,1-2H3;2*1H. The third kappa shape index (κ3) is 6.61. The maximum Gasteiger partial charge on any atom is 0.123 e. The van der Waals surface area contributed by atoms with Gasteiger partial charge in [-0.1, -0.05) is 6.07 Å². The molecule has 0 radical (unpaired) electrons. The topological polar surface area (TPSA) is 59.1 Å². The van der Waals surface area contributed by atoms with E-state index in [9.17, 15) is 0 Å². The van der Waals surface area contributed by atoms with Gasteiger partial charge >= 0.3 is 0 Å². The van der Waals surface area contributed by atoms with E-state index in [2.05, 4.69) is 45.8 Å². The van der Waals surface area contributed by atoms with Gasteiger partial charge in [0, 0.05) is 42.1 Å². The number of rotatable bonds is 7. The fourth-order valence-electron chi connectivity index (χ4n) is 3.48. The first-order valence-corrected chi connectivity index (χ1v) is 9.22. The summed E-state index contributed by atoms with van der Waals surface area (Å²) in [6, 6.07) is 7.59. The van der Waals surface area contributed by atoms with Crippen molar-refractivity contribution in [3.8, 4) is 16.9 Å². The number of ether oxygens (including phenoxy) is 1. The fourth-order valence-corrected chi connectivity index (χ4v) is 3.48. The highest BCUT2D eigenvalue weighted by molar-refractivity contribution is 5.85. The van der Waals surface area contributed by atoms with Crippen LogP contribution in [-0.4, -0.2) is 35.7 Å². The van der Waals surface area contributed by atoms with Crippen LogP contribution >= 0.6 is 24.8 Å². The van der Waals surface area contributed by atoms with Crippen molar-refractivity contribution in [2.45, 2.75) is 51.2 Å². The normalized spacial score (nSPS) is 18.9. The molecule has 0 amide bonds. The molecule has 5 nitrogen and oxygen atoms in total. The van der Waals surface area contributed by atoms with E-state index in [1.165, 1.54) is 31.2 Å². The highest BCUT2D eigenvalue weighted by Crippen LogP contribution is 2.27. The van der Waals surface area contributed by atoms with Gasteiger partial charge in [0.25, 0.3) is 0 Å². The van der Waals surface area contributed by atoms with Crippen molar-refractivity contribution < 1.29 is 4.74 Å². The van der Waals surface area contributed by atoms with E-state index >= 15 is 0 Å². The number of hydrogen-bond donors (Lipinski definition) is 2. The molecular formula is C20H30Cl2N4O. The molecule has 0 spiro atoms. The van der Waals surface area contributed by atoms with Gasteiger partial charge in [0.05, 0.1) is 6.61 Å². The minimum Gasteiger partial charge on any atom is -0.494 e. The summed E-state index contributed by atoms with van der Waals surface area (Å²) in [4.78, 5) is 8.24. The first-order chi connectivity index (χ1) is 12.3. The lowest BCUT2D eigenvalue weighted by atomic mass is 9.91. The molecule has 1 aliphatic carbocycles. The highest BCUT2D eigenvalue weighted by Gasteiger charge is 2.19. The second-order valence-corrected chi connectivity index (χ2v) is 6.60. The summed E-state index contributed by atoms with van der Waals surface area (Å²) in [7, 11) is 2.06. The van der Waals surface area contributed by atoms with Crippen molar-refractivity contribution in [1.82, 2.24) is 20.6 Å². The molecule has 0 saturated heterocycles. The summed E-state index contributed by atoms with van der Waals surface area (Å²) in [5, 5.41) is 7.11. The molecule has 150 valence electrons. The molecule has 1 aliphatic rings. The minimum atomic E-state index is 0. The van der Waals surface area contributed by atoms with E-state index in [1.54, 1.807) is 6.33 Å². The Kier molecular flexibility index (Phi) is 10.6. The van der Waals surface area contributed by atoms with E-state index in [-0.39, 0.29) is 24.8 Å². The summed E-state index contributed by atoms with van der Waals surface area (Å²) in [5.74, 6) is 0.958. The van der Waals surface area contributed by atoms with Crippen LogP contribution in [0.15, 0.2) is 36.9 Å². The van der Waals surface area contributed by atoms with Gasteiger partial charge in [-0.05, 0) is 57.4 Å². The lowest BCUT2D eigenvalue weighted by molar-refractivity contribution is 0.310. The lowest BCUT2D eigenvalue weighted by Crippen LogP contribution is -2.38. The highest BCUT2D eigenvalue weighted by atomic mass is 35.5. The Morgan fingerprint density at radius 3 is 2.30 bits per heavy atom. The first kappa shape index (κ1) is 23.6. The second-order valence-electron chi connectivity index (χ2n) is 6.60. The summed E-state index contributed by atoms with van der Waals surface area (Å²) in [6.07, 6.45) is 10.2. The van der Waals surface area contributed by atoms with Crippen LogP contribution in [0.1, 0.15) is 38.2 Å². The predicted octanol–water partition coefficient (Wildman–Crippen LogP) is 4.01. The van der Waals surface area contributed by atoms with Crippen LogP contribution in [0.5, 0.6) is 5.75 Å². The van der Waals surface area contributed by atoms with Crippen LogP contribution < -0.4 is 15.4 Å². The molecule has 1 saturated carbocycles. The summed E-state index contributed by atoms with van der Waals surface area (Å²) < 4.78 is 5.82. The smallest absolute Gasteiger partial charge is 0.123 e. The Balaban J connectivity index is 0.00000182. The summed E-state index contributed by atoms with van der Waals surface area (Å²) in [6.45, 7) is 3.52. The van der Waals surface area contributed by atoms with Crippen LogP contribution in [0.25, 0.3) is 11.1 Å². The molecule has 27 heavy (non-hydrogen) atoms. The van der Waals surface area contributed by atoms with Crippen LogP contribution in [0.4, 0.5) is 0 Å². The van der Waals surface area contributed by atoms with Gasteiger partial charge in [-0.25, -0.2) is 9.97 Å². The zero-order chi connectivity index (χ0) is 17.5. The Morgan fingerprint density at radius 2 is 1.67 bits per heavy atom. The molecule has 2 N–H and O–H groups in total. The average Bonchev–Trinajstić information content (AvgIpc) is 2.68. The van der Waals surface area contributed by atoms with Crippen molar-refractivity contribution >= 4 is 24.8 Å². The zero-order valence-corrected chi connectivity index (χ0v) is 17.6. The Labute approximate surface area is 174 Å². The largest absolute Gasteiger partial charge is 0.494 e. The second kappa shape index (κ2) is 12.1. The molecule has 0 unspecified atom stereocenters. The fraction of sp³-hybridized carbons (Fsp3) is 0.500. The van der Waals surface area contributed by atoms with Gasteiger partial charge in [0.2, 0.25) is 0 Å². The number of nitrogens with one attached hydrogen (secondary N) is 2. The Bertz CT molecular complexity index is 664. The number of aromatic nitrogens is 2. The maximum absolute atomic E-state index is 5.82. The van der Waals surface area contributed by atoms with Gasteiger partial charge in [-0.15, -0.1) is 24.8 Å². The minimum absolute atomic E-state index is 0. The molecule has 1 aromatic heterocycles. The maximum atomic E-state index is 5.82. The van der Waals surface area contributed by atoms with Gasteiger partial charge in [0.15, 0.2) is 0 Å². The molecular weight excluding hydrogens is 383 g/mol. The van der Waals surface area contributed by atoms with Gasteiger partial charge < -0.3 is 15.4 Å². The van der Waals surface area contributed by atoms with Gasteiger partial charge in [-0.2, -0.15) is 0 Å². The van der Waals surface area contributed by atoms with E-state index in [1.807, 2.05) is 19.3 Å². The average molecular weight is 413 g/mol. The predicted molar refractivity (Wildman–Crippen MR) is 115 cm³/mol. The van der Waals surface area contributed by atoms with E-state index in [4.69, 9.17) is 4.74 Å². The monoisotopic (exact) mass is 412 g/mol. The molecule has 3 rings (SSSR count). The Hall–Kier alpha value is -1.40. The van der Waals surface area contributed by atoms with Gasteiger partial charge in [0.1, 0.15) is 12.1 Å². The molecule has 1 aromatic carbocycles. The number of halogens is 2. The zero-order valence-electron chi connectivity index (χ0n) is 16.0. The SMILES string of the molecule is CCOc1ccc(-c2cncnc2)cc1CNC1CCC(NC)CC1.Cl.Cl. The molecule has 1 fully saturated rings. The molecule has 0 aliphatic heterocycles.